The third-order valence-corrected chi connectivity index (χ3v) is 10.7. The number of aromatic nitrogens is 4. The molecule has 6 aromatic carbocycles. The summed E-state index contributed by atoms with van der Waals surface area (Å²) >= 11 is 0. The predicted octanol–water partition coefficient (Wildman–Crippen LogP) is 13.2. The van der Waals surface area contributed by atoms with Crippen molar-refractivity contribution in [2.45, 2.75) is 0 Å². The molecule has 0 saturated carbocycles. The summed E-state index contributed by atoms with van der Waals surface area (Å²) in [5.74, 6) is 0. The number of aromatic amines is 1. The van der Waals surface area contributed by atoms with Crippen molar-refractivity contribution in [3.63, 3.8) is 0 Å². The molecule has 0 saturated heterocycles. The molecule has 55 heavy (non-hydrogen) atoms. The molecule has 256 valence electrons. The molecule has 8 bridgehead atoms. The van der Waals surface area contributed by atoms with Crippen LogP contribution >= 0.6 is 0 Å². The smallest absolute Gasteiger partial charge is 0.0900 e. The Kier molecular flexibility index (Phi) is 7.14. The molecule has 0 spiro atoms. The van der Waals surface area contributed by atoms with E-state index in [2.05, 4.69) is 193 Å². The first-order chi connectivity index (χ1) is 27.2. The highest BCUT2D eigenvalue weighted by atomic mass is 14.8. The second-order valence-electron chi connectivity index (χ2n) is 14.1. The van der Waals surface area contributed by atoms with E-state index in [0.29, 0.717) is 0 Å². The monoisotopic (exact) mass is 700 g/mol. The van der Waals surface area contributed by atoms with Crippen molar-refractivity contribution in [1.82, 2.24) is 19.9 Å². The van der Waals surface area contributed by atoms with Gasteiger partial charge in [-0.3, -0.25) is 0 Å². The summed E-state index contributed by atoms with van der Waals surface area (Å²) in [6, 6.07) is 66.5. The minimum absolute atomic E-state index is 0.790. The highest BCUT2D eigenvalue weighted by Crippen LogP contribution is 2.44. The van der Waals surface area contributed by atoms with E-state index in [4.69, 9.17) is 15.0 Å². The van der Waals surface area contributed by atoms with Gasteiger partial charge in [-0.05, 0) is 105 Å². The van der Waals surface area contributed by atoms with Crippen LogP contribution in [0.2, 0.25) is 0 Å². The molecule has 0 radical (unpaired) electrons. The fourth-order valence-corrected chi connectivity index (χ4v) is 8.02. The molecule has 0 aliphatic carbocycles. The Morgan fingerprint density at radius 2 is 0.582 bits per heavy atom. The number of benzene rings is 6. The quantitative estimate of drug-likeness (QED) is 0.199. The first kappa shape index (κ1) is 31.1. The van der Waals surface area contributed by atoms with Gasteiger partial charge in [0.2, 0.25) is 0 Å². The molecule has 1 aliphatic heterocycles. The summed E-state index contributed by atoms with van der Waals surface area (Å²) in [6.07, 6.45) is 0. The van der Waals surface area contributed by atoms with Gasteiger partial charge in [-0.15, -0.1) is 0 Å². The lowest BCUT2D eigenvalue weighted by atomic mass is 9.93. The molecular formula is C51H32N4. The average molecular weight is 701 g/mol. The Morgan fingerprint density at radius 3 is 0.964 bits per heavy atom. The molecule has 0 amide bonds. The van der Waals surface area contributed by atoms with E-state index < -0.39 is 0 Å². The molecule has 5 heterocycles. The van der Waals surface area contributed by atoms with Crippen molar-refractivity contribution in [3.05, 3.63) is 188 Å². The van der Waals surface area contributed by atoms with Crippen LogP contribution in [0.15, 0.2) is 188 Å². The highest BCUT2D eigenvalue weighted by molar-refractivity contribution is 6.17. The summed E-state index contributed by atoms with van der Waals surface area (Å²) in [5.41, 5.74) is 18.0. The summed E-state index contributed by atoms with van der Waals surface area (Å²) < 4.78 is 0. The van der Waals surface area contributed by atoms with Crippen LogP contribution < -0.4 is 0 Å². The van der Waals surface area contributed by atoms with E-state index in [9.17, 15) is 0 Å². The summed E-state index contributed by atoms with van der Waals surface area (Å²) in [6.45, 7) is 0. The van der Waals surface area contributed by atoms with Gasteiger partial charge in [0, 0.05) is 21.9 Å². The van der Waals surface area contributed by atoms with Crippen LogP contribution in [0.1, 0.15) is 0 Å². The Balaban J connectivity index is 1.32. The third kappa shape index (κ3) is 5.43. The highest BCUT2D eigenvalue weighted by Gasteiger charge is 2.22. The van der Waals surface area contributed by atoms with Crippen LogP contribution in [0, 0.1) is 0 Å². The number of nitrogens with one attached hydrogen (secondary N) is 1. The van der Waals surface area contributed by atoms with Crippen molar-refractivity contribution in [2.24, 2.45) is 0 Å². The van der Waals surface area contributed by atoms with E-state index in [0.717, 1.165) is 112 Å². The van der Waals surface area contributed by atoms with Gasteiger partial charge in [-0.1, -0.05) is 127 Å². The minimum Gasteiger partial charge on any atom is -0.353 e. The van der Waals surface area contributed by atoms with Gasteiger partial charge in [0.1, 0.15) is 0 Å². The Morgan fingerprint density at radius 1 is 0.255 bits per heavy atom. The molecule has 10 aromatic rings. The Labute approximate surface area is 318 Å². The molecule has 0 atom stereocenters. The number of rotatable bonds is 4. The van der Waals surface area contributed by atoms with Crippen LogP contribution in [0.25, 0.3) is 112 Å². The lowest BCUT2D eigenvalue weighted by Crippen LogP contribution is -1.97. The number of fused-ring (bicyclic) bond motifs is 11. The average Bonchev–Trinajstić information content (AvgIpc) is 3.65. The van der Waals surface area contributed by atoms with E-state index in [1.807, 2.05) is 0 Å². The maximum atomic E-state index is 5.43. The van der Waals surface area contributed by atoms with Crippen molar-refractivity contribution < 1.29 is 0 Å². The number of pyridine rings is 3. The zero-order valence-corrected chi connectivity index (χ0v) is 29.7. The fraction of sp³-hybridized carbons (Fsp3) is 0. The summed E-state index contributed by atoms with van der Waals surface area (Å²) in [7, 11) is 0. The molecule has 1 N–H and O–H groups in total. The zero-order chi connectivity index (χ0) is 36.3. The lowest BCUT2D eigenvalue weighted by molar-refractivity contribution is 1.22. The van der Waals surface area contributed by atoms with Crippen molar-refractivity contribution in [1.29, 1.82) is 0 Å². The maximum Gasteiger partial charge on any atom is 0.0900 e. The lowest BCUT2D eigenvalue weighted by Gasteiger charge is -2.14. The Hall–Kier alpha value is -7.43. The number of H-pyrrole nitrogens is 1. The van der Waals surface area contributed by atoms with E-state index in [-0.39, 0.29) is 0 Å². The molecule has 4 heteroatoms. The van der Waals surface area contributed by atoms with Gasteiger partial charge < -0.3 is 4.98 Å². The molecular weight excluding hydrogens is 669 g/mol. The number of hydrogen-bond acceptors (Lipinski definition) is 3. The topological polar surface area (TPSA) is 54.5 Å². The van der Waals surface area contributed by atoms with Crippen LogP contribution in [-0.2, 0) is 0 Å². The van der Waals surface area contributed by atoms with Crippen LogP contribution in [0.5, 0.6) is 0 Å². The predicted molar refractivity (Wildman–Crippen MR) is 226 cm³/mol. The molecule has 0 unspecified atom stereocenters. The maximum absolute atomic E-state index is 5.43. The van der Waals surface area contributed by atoms with Crippen LogP contribution in [0.4, 0.5) is 0 Å². The Bertz CT molecular complexity index is 2860. The van der Waals surface area contributed by atoms with E-state index in [1.54, 1.807) is 0 Å². The van der Waals surface area contributed by atoms with Gasteiger partial charge >= 0.3 is 0 Å². The van der Waals surface area contributed by atoms with Gasteiger partial charge in [0.25, 0.3) is 0 Å². The largest absolute Gasteiger partial charge is 0.353 e. The molecule has 4 aromatic heterocycles. The second kappa shape index (κ2) is 12.6. The SMILES string of the molecule is c1ccc(-c2cc3nc(c2)-c2cc(-c4ccccc4)cc4c2[nH]c2c(cc(-c5ccccc5)cc24)-c2cc(-c4ccccc4)cc(n2)-c2cccc-3n2)cc1. The molecule has 4 nitrogen and oxygen atoms in total. The van der Waals surface area contributed by atoms with Crippen LogP contribution in [0.3, 0.4) is 0 Å². The van der Waals surface area contributed by atoms with Gasteiger partial charge in [-0.25, -0.2) is 15.0 Å². The summed E-state index contributed by atoms with van der Waals surface area (Å²) in [4.78, 5) is 20.1. The third-order valence-electron chi connectivity index (χ3n) is 10.7. The zero-order valence-electron chi connectivity index (χ0n) is 29.7. The molecule has 1 aliphatic rings. The normalized spacial score (nSPS) is 11.6. The van der Waals surface area contributed by atoms with Crippen molar-refractivity contribution >= 4 is 21.8 Å². The summed E-state index contributed by atoms with van der Waals surface area (Å²) in [5, 5.41) is 2.26. The van der Waals surface area contributed by atoms with Gasteiger partial charge in [0.05, 0.1) is 45.2 Å². The van der Waals surface area contributed by atoms with Gasteiger partial charge in [0.15, 0.2) is 0 Å². The first-order valence-corrected chi connectivity index (χ1v) is 18.6. The van der Waals surface area contributed by atoms with Crippen LogP contribution in [-0.4, -0.2) is 19.9 Å². The van der Waals surface area contributed by atoms with E-state index in [1.165, 1.54) is 0 Å². The standard InChI is InChI=1S/C51H32N4/c1-5-14-32(15-6-1)36-24-40-41-25-37(33-16-7-2-8-17-33)27-43-47-29-39(35-20-11-4-12-21-35)31-49(54-47)45-23-13-22-44(52-45)48-30-38(34-18-9-3-10-19-34)28-46(53-48)42(26-36)50(40)55-51(41)43/h1-31,55H. The van der Waals surface area contributed by atoms with E-state index >= 15 is 0 Å². The first-order valence-electron chi connectivity index (χ1n) is 18.6. The van der Waals surface area contributed by atoms with Crippen molar-refractivity contribution in [3.8, 4) is 89.8 Å². The fourth-order valence-electron chi connectivity index (χ4n) is 8.02. The van der Waals surface area contributed by atoms with Gasteiger partial charge in [-0.2, -0.15) is 0 Å². The second-order valence-corrected chi connectivity index (χ2v) is 14.1. The number of hydrogen-bond donors (Lipinski definition) is 1. The number of nitrogens with zero attached hydrogens (tertiary/aromatic N) is 3. The minimum atomic E-state index is 0.790. The molecule has 0 fully saturated rings. The van der Waals surface area contributed by atoms with Crippen molar-refractivity contribution in [2.75, 3.05) is 0 Å². The molecule has 11 rings (SSSR count).